The van der Waals surface area contributed by atoms with Crippen LogP contribution >= 0.6 is 0 Å². The monoisotopic (exact) mass is 387 g/mol. The summed E-state index contributed by atoms with van der Waals surface area (Å²) < 4.78 is 60.8. The summed E-state index contributed by atoms with van der Waals surface area (Å²) in [4.78, 5) is 16.9. The van der Waals surface area contributed by atoms with Gasteiger partial charge in [-0.3, -0.25) is 9.79 Å². The maximum absolute atomic E-state index is 12.5. The number of aliphatic imine (C=N–C) groups is 1. The molecule has 0 radical (unpaired) electrons. The molecule has 0 aromatic rings. The third-order valence-corrected chi connectivity index (χ3v) is 5.41. The van der Waals surface area contributed by atoms with Crippen LogP contribution in [0.5, 0.6) is 0 Å². The largest absolute Gasteiger partial charge is 0.511 e. The van der Waals surface area contributed by atoms with Gasteiger partial charge in [-0.2, -0.15) is 17.5 Å². The molecule has 0 spiro atoms. The Hall–Kier alpha value is -1.56. The Kier molecular flexibility index (Phi) is 7.47. The van der Waals surface area contributed by atoms with Gasteiger partial charge in [0.05, 0.1) is 0 Å². The van der Waals surface area contributed by atoms with Crippen LogP contribution in [0.2, 0.25) is 0 Å². The Morgan fingerprint density at radius 3 is 2.28 bits per heavy atom. The third kappa shape index (κ3) is 6.03. The Morgan fingerprint density at radius 1 is 1.28 bits per heavy atom. The topological polar surface area (TPSA) is 94.1 Å². The van der Waals surface area contributed by atoms with E-state index in [1.807, 2.05) is 0 Å². The molecule has 146 valence electrons. The molecule has 0 aliphatic carbocycles. The Labute approximate surface area is 145 Å². The van der Waals surface area contributed by atoms with Crippen molar-refractivity contribution in [2.24, 2.45) is 4.99 Å². The molecular weight excluding hydrogens is 363 g/mol. The molecule has 0 atom stereocenters. The van der Waals surface area contributed by atoms with Gasteiger partial charge < -0.3 is 15.5 Å². The summed E-state index contributed by atoms with van der Waals surface area (Å²) in [5, 5.41) is 5.98. The lowest BCUT2D eigenvalue weighted by molar-refractivity contribution is -0.128. The lowest BCUT2D eigenvalue weighted by Crippen LogP contribution is -2.51. The van der Waals surface area contributed by atoms with Crippen molar-refractivity contribution in [1.82, 2.24) is 19.8 Å². The highest BCUT2D eigenvalue weighted by atomic mass is 32.2. The Morgan fingerprint density at radius 2 is 1.84 bits per heavy atom. The Balaban J connectivity index is 2.46. The van der Waals surface area contributed by atoms with E-state index >= 15 is 0 Å². The molecule has 1 amide bonds. The van der Waals surface area contributed by atoms with Crippen LogP contribution in [0, 0.1) is 0 Å². The summed E-state index contributed by atoms with van der Waals surface area (Å²) in [6, 6.07) is -0.199. The fourth-order valence-corrected chi connectivity index (χ4v) is 3.27. The molecule has 1 aliphatic rings. The number of carbonyl (C=O) groups is 1. The van der Waals surface area contributed by atoms with E-state index in [2.05, 4.69) is 15.6 Å². The van der Waals surface area contributed by atoms with Crippen LogP contribution in [-0.2, 0) is 14.8 Å². The molecule has 12 heteroatoms. The van der Waals surface area contributed by atoms with Gasteiger partial charge in [0.1, 0.15) is 0 Å². The van der Waals surface area contributed by atoms with Gasteiger partial charge in [-0.1, -0.05) is 0 Å². The highest BCUT2D eigenvalue weighted by Crippen LogP contribution is 2.28. The number of rotatable bonds is 5. The molecule has 0 saturated carbocycles. The first-order valence-electron chi connectivity index (χ1n) is 7.72. The molecule has 0 unspecified atom stereocenters. The zero-order valence-corrected chi connectivity index (χ0v) is 15.2. The van der Waals surface area contributed by atoms with Gasteiger partial charge in [0, 0.05) is 53.2 Å². The smallest absolute Gasteiger partial charge is 0.356 e. The lowest BCUT2D eigenvalue weighted by atomic mass is 10.1. The van der Waals surface area contributed by atoms with Crippen molar-refractivity contribution < 1.29 is 26.4 Å². The third-order valence-electron chi connectivity index (χ3n) is 3.78. The van der Waals surface area contributed by atoms with E-state index in [0.29, 0.717) is 16.8 Å². The Bertz CT molecular complexity index is 584. The number of nitrogens with zero attached hydrogens (tertiary/aromatic N) is 3. The van der Waals surface area contributed by atoms with Crippen molar-refractivity contribution in [2.75, 3.05) is 40.8 Å². The highest BCUT2D eigenvalue weighted by Gasteiger charge is 2.50. The van der Waals surface area contributed by atoms with E-state index < -0.39 is 15.5 Å². The number of piperidine rings is 1. The molecule has 1 aliphatic heterocycles. The zero-order chi connectivity index (χ0) is 19.3. The minimum Gasteiger partial charge on any atom is -0.356 e. The van der Waals surface area contributed by atoms with E-state index in [4.69, 9.17) is 0 Å². The summed E-state index contributed by atoms with van der Waals surface area (Å²) >= 11 is 0. The highest BCUT2D eigenvalue weighted by molar-refractivity contribution is 7.90. The minimum atomic E-state index is -5.27. The number of guanidine groups is 1. The number of nitrogens with one attached hydrogen (secondary N) is 2. The summed E-state index contributed by atoms with van der Waals surface area (Å²) in [5.41, 5.74) is -5.27. The maximum Gasteiger partial charge on any atom is 0.511 e. The van der Waals surface area contributed by atoms with Crippen molar-refractivity contribution in [3.63, 3.8) is 0 Å². The van der Waals surface area contributed by atoms with E-state index in [1.54, 1.807) is 14.1 Å². The van der Waals surface area contributed by atoms with Crippen LogP contribution in [0.1, 0.15) is 19.3 Å². The SMILES string of the molecule is CN=C(NCCC(=O)N(C)C)NC1CCN(S(=O)(=O)C(F)(F)F)CC1. The van der Waals surface area contributed by atoms with Gasteiger partial charge in [0.25, 0.3) is 0 Å². The first-order valence-corrected chi connectivity index (χ1v) is 9.16. The quantitative estimate of drug-likeness (QED) is 0.509. The van der Waals surface area contributed by atoms with E-state index in [0.717, 1.165) is 0 Å². The second kappa shape index (κ2) is 8.70. The number of alkyl halides is 3. The summed E-state index contributed by atoms with van der Waals surface area (Å²) in [5.74, 6) is 0.373. The number of sulfonamides is 1. The predicted octanol–water partition coefficient (Wildman–Crippen LogP) is -0.0563. The number of amides is 1. The molecule has 1 saturated heterocycles. The predicted molar refractivity (Wildman–Crippen MR) is 87.4 cm³/mol. The number of hydrogen-bond donors (Lipinski definition) is 2. The summed E-state index contributed by atoms with van der Waals surface area (Å²) in [7, 11) is -0.435. The van der Waals surface area contributed by atoms with Gasteiger partial charge in [0.2, 0.25) is 5.91 Å². The molecule has 0 bridgehead atoms. The lowest BCUT2D eigenvalue weighted by Gasteiger charge is -2.32. The molecule has 1 fully saturated rings. The number of hydrogen-bond acceptors (Lipinski definition) is 4. The second-order valence-corrected chi connectivity index (χ2v) is 7.74. The molecule has 8 nitrogen and oxygen atoms in total. The van der Waals surface area contributed by atoms with Gasteiger partial charge >= 0.3 is 15.5 Å². The standard InChI is InChI=1S/C13H24F3N5O3S/c1-17-12(18-7-4-11(22)20(2)3)19-10-5-8-21(9-6-10)25(23,24)13(14,15)16/h10H,4-9H2,1-3H3,(H2,17,18,19). The van der Waals surface area contributed by atoms with Gasteiger partial charge in [-0.25, -0.2) is 8.42 Å². The van der Waals surface area contributed by atoms with Crippen LogP contribution in [0.3, 0.4) is 0 Å². The van der Waals surface area contributed by atoms with E-state index in [1.165, 1.54) is 11.9 Å². The average Bonchev–Trinajstić information content (AvgIpc) is 2.53. The number of carbonyl (C=O) groups excluding carboxylic acids is 1. The minimum absolute atomic E-state index is 0.0476. The van der Waals surface area contributed by atoms with Crippen molar-refractivity contribution in [3.8, 4) is 0 Å². The molecule has 1 rings (SSSR count). The second-order valence-electron chi connectivity index (χ2n) is 5.81. The van der Waals surface area contributed by atoms with E-state index in [-0.39, 0.29) is 44.3 Å². The van der Waals surface area contributed by atoms with Gasteiger partial charge in [0.15, 0.2) is 5.96 Å². The zero-order valence-electron chi connectivity index (χ0n) is 14.4. The first-order chi connectivity index (χ1) is 11.5. The van der Waals surface area contributed by atoms with Crippen LogP contribution in [0.25, 0.3) is 0 Å². The summed E-state index contributed by atoms with van der Waals surface area (Å²) in [6.45, 7) is -0.0662. The average molecular weight is 387 g/mol. The first kappa shape index (κ1) is 21.5. The van der Waals surface area contributed by atoms with Crippen molar-refractivity contribution in [1.29, 1.82) is 0 Å². The molecule has 0 aromatic carbocycles. The molecule has 2 N–H and O–H groups in total. The molecule has 25 heavy (non-hydrogen) atoms. The van der Waals surface area contributed by atoms with Crippen LogP contribution in [-0.4, -0.2) is 81.8 Å². The van der Waals surface area contributed by atoms with E-state index in [9.17, 15) is 26.4 Å². The molecular formula is C13H24F3N5O3S. The summed E-state index contributed by atoms with van der Waals surface area (Å²) in [6.07, 6.45) is 0.731. The molecule has 1 heterocycles. The fourth-order valence-electron chi connectivity index (χ4n) is 2.29. The molecule has 0 aromatic heterocycles. The van der Waals surface area contributed by atoms with Crippen molar-refractivity contribution in [3.05, 3.63) is 0 Å². The van der Waals surface area contributed by atoms with Crippen molar-refractivity contribution in [2.45, 2.75) is 30.8 Å². The van der Waals surface area contributed by atoms with Gasteiger partial charge in [-0.15, -0.1) is 0 Å². The number of halogens is 3. The van der Waals surface area contributed by atoms with Crippen LogP contribution in [0.4, 0.5) is 13.2 Å². The normalized spacial score (nSPS) is 18.1. The van der Waals surface area contributed by atoms with Crippen molar-refractivity contribution >= 4 is 21.9 Å². The van der Waals surface area contributed by atoms with Gasteiger partial charge in [-0.05, 0) is 12.8 Å². The maximum atomic E-state index is 12.5. The fraction of sp³-hybridized carbons (Fsp3) is 0.846. The van der Waals surface area contributed by atoms with Crippen LogP contribution in [0.15, 0.2) is 4.99 Å². The van der Waals surface area contributed by atoms with Crippen LogP contribution < -0.4 is 10.6 Å².